The average molecular weight is 284 g/mol. The highest BCUT2D eigenvalue weighted by Crippen LogP contribution is 2.24. The van der Waals surface area contributed by atoms with E-state index in [9.17, 15) is 0 Å². The van der Waals surface area contributed by atoms with Crippen molar-refractivity contribution in [2.75, 3.05) is 7.05 Å². The Bertz CT molecular complexity index is 497. The van der Waals surface area contributed by atoms with Gasteiger partial charge >= 0.3 is 0 Å². The van der Waals surface area contributed by atoms with Gasteiger partial charge in [-0.3, -0.25) is 0 Å². The number of hydrogen-bond donors (Lipinski definition) is 1. The molecule has 3 heteroatoms. The third kappa shape index (κ3) is 4.05. The van der Waals surface area contributed by atoms with Gasteiger partial charge in [0.15, 0.2) is 0 Å². The van der Waals surface area contributed by atoms with Gasteiger partial charge in [0.05, 0.1) is 0 Å². The highest BCUT2D eigenvalue weighted by atomic mass is 16.5. The number of aromatic nitrogens is 1. The van der Waals surface area contributed by atoms with Gasteiger partial charge in [-0.25, -0.2) is 4.98 Å². The van der Waals surface area contributed by atoms with Gasteiger partial charge < -0.3 is 10.1 Å². The lowest BCUT2D eigenvalue weighted by atomic mass is 9.99. The van der Waals surface area contributed by atoms with Gasteiger partial charge in [-0.05, 0) is 49.6 Å². The van der Waals surface area contributed by atoms with Crippen LogP contribution in [0.3, 0.4) is 0 Å². The maximum absolute atomic E-state index is 5.78. The standard InChI is InChI=1S/C18H24N2O/c1-5-13(2)15-6-9-17(10-7-15)21-18-11-8-16(12-20-18)14(3)19-4/h6-14,19H,5H2,1-4H3. The van der Waals surface area contributed by atoms with E-state index in [1.807, 2.05) is 37.5 Å². The lowest BCUT2D eigenvalue weighted by Gasteiger charge is -2.12. The summed E-state index contributed by atoms with van der Waals surface area (Å²) in [4.78, 5) is 4.35. The number of hydrogen-bond acceptors (Lipinski definition) is 3. The Morgan fingerprint density at radius 1 is 1.05 bits per heavy atom. The van der Waals surface area contributed by atoms with E-state index in [0.717, 1.165) is 17.7 Å². The molecule has 0 saturated carbocycles. The molecule has 3 nitrogen and oxygen atoms in total. The SMILES string of the molecule is CCC(C)c1ccc(Oc2ccc(C(C)NC)cn2)cc1. The maximum Gasteiger partial charge on any atom is 0.219 e. The van der Waals surface area contributed by atoms with Crippen molar-refractivity contribution in [1.29, 1.82) is 0 Å². The fraction of sp³-hybridized carbons (Fsp3) is 0.389. The summed E-state index contributed by atoms with van der Waals surface area (Å²) in [5, 5.41) is 3.19. The zero-order valence-corrected chi connectivity index (χ0v) is 13.3. The van der Waals surface area contributed by atoms with E-state index in [0.29, 0.717) is 17.8 Å². The first-order chi connectivity index (χ1) is 10.1. The first-order valence-electron chi connectivity index (χ1n) is 7.55. The summed E-state index contributed by atoms with van der Waals surface area (Å²) in [5.74, 6) is 2.03. The van der Waals surface area contributed by atoms with Gasteiger partial charge in [0.25, 0.3) is 0 Å². The van der Waals surface area contributed by atoms with Crippen LogP contribution in [0.4, 0.5) is 0 Å². The Morgan fingerprint density at radius 3 is 2.24 bits per heavy atom. The number of rotatable bonds is 6. The van der Waals surface area contributed by atoms with Gasteiger partial charge in [0.2, 0.25) is 5.88 Å². The van der Waals surface area contributed by atoms with Crippen molar-refractivity contribution in [1.82, 2.24) is 10.3 Å². The predicted octanol–water partition coefficient (Wildman–Crippen LogP) is 4.67. The Kier molecular flexibility index (Phi) is 5.34. The molecule has 0 spiro atoms. The molecule has 0 radical (unpaired) electrons. The average Bonchev–Trinajstić information content (AvgIpc) is 2.55. The summed E-state index contributed by atoms with van der Waals surface area (Å²) in [6.45, 7) is 6.54. The van der Waals surface area contributed by atoms with Crippen LogP contribution in [-0.2, 0) is 0 Å². The second-order valence-electron chi connectivity index (χ2n) is 5.42. The smallest absolute Gasteiger partial charge is 0.219 e. The molecule has 1 heterocycles. The zero-order valence-electron chi connectivity index (χ0n) is 13.3. The molecule has 2 atom stereocenters. The lowest BCUT2D eigenvalue weighted by Crippen LogP contribution is -2.12. The van der Waals surface area contributed by atoms with Gasteiger partial charge in [-0.15, -0.1) is 0 Å². The number of benzene rings is 1. The molecule has 1 aromatic heterocycles. The third-order valence-corrected chi connectivity index (χ3v) is 3.98. The largest absolute Gasteiger partial charge is 0.439 e. The first-order valence-corrected chi connectivity index (χ1v) is 7.55. The first kappa shape index (κ1) is 15.5. The molecule has 21 heavy (non-hydrogen) atoms. The van der Waals surface area contributed by atoms with Crippen LogP contribution >= 0.6 is 0 Å². The Labute approximate surface area is 127 Å². The molecule has 2 rings (SSSR count). The summed E-state index contributed by atoms with van der Waals surface area (Å²) in [5.41, 5.74) is 2.49. The topological polar surface area (TPSA) is 34.1 Å². The number of nitrogens with one attached hydrogen (secondary N) is 1. The van der Waals surface area contributed by atoms with Crippen LogP contribution in [0.15, 0.2) is 42.6 Å². The fourth-order valence-electron chi connectivity index (χ4n) is 2.10. The van der Waals surface area contributed by atoms with Crippen LogP contribution in [0.25, 0.3) is 0 Å². The van der Waals surface area contributed by atoms with Crippen molar-refractivity contribution in [2.45, 2.75) is 39.2 Å². The minimum atomic E-state index is 0.293. The molecule has 0 fully saturated rings. The van der Waals surface area contributed by atoms with Crippen LogP contribution in [0.1, 0.15) is 50.3 Å². The zero-order chi connectivity index (χ0) is 15.2. The van der Waals surface area contributed by atoms with Crippen molar-refractivity contribution in [3.8, 4) is 11.6 Å². The van der Waals surface area contributed by atoms with Crippen LogP contribution in [0.5, 0.6) is 11.6 Å². The Balaban J connectivity index is 2.04. The molecule has 0 bridgehead atoms. The minimum absolute atomic E-state index is 0.293. The van der Waals surface area contributed by atoms with Crippen molar-refractivity contribution in [2.24, 2.45) is 0 Å². The molecular weight excluding hydrogens is 260 g/mol. The highest BCUT2D eigenvalue weighted by Gasteiger charge is 2.06. The van der Waals surface area contributed by atoms with Crippen LogP contribution in [0.2, 0.25) is 0 Å². The molecule has 2 aromatic rings. The summed E-state index contributed by atoms with van der Waals surface area (Å²) in [7, 11) is 1.94. The van der Waals surface area contributed by atoms with Crippen LogP contribution in [0, 0.1) is 0 Å². The molecule has 0 aliphatic rings. The molecular formula is C18H24N2O. The number of pyridine rings is 1. The Morgan fingerprint density at radius 2 is 1.71 bits per heavy atom. The molecule has 0 aliphatic carbocycles. The van der Waals surface area contributed by atoms with E-state index in [1.165, 1.54) is 5.56 Å². The van der Waals surface area contributed by atoms with Crippen molar-refractivity contribution >= 4 is 0 Å². The van der Waals surface area contributed by atoms with Crippen LogP contribution < -0.4 is 10.1 Å². The van der Waals surface area contributed by atoms with Gasteiger partial charge in [0.1, 0.15) is 5.75 Å². The van der Waals surface area contributed by atoms with E-state index in [1.54, 1.807) is 0 Å². The van der Waals surface area contributed by atoms with Crippen molar-refractivity contribution in [3.05, 3.63) is 53.7 Å². The fourth-order valence-corrected chi connectivity index (χ4v) is 2.10. The third-order valence-electron chi connectivity index (χ3n) is 3.98. The molecule has 112 valence electrons. The lowest BCUT2D eigenvalue weighted by molar-refractivity contribution is 0.461. The van der Waals surface area contributed by atoms with E-state index in [-0.39, 0.29) is 0 Å². The summed E-state index contributed by atoms with van der Waals surface area (Å²) in [6.07, 6.45) is 3.00. The van der Waals surface area contributed by atoms with Crippen molar-refractivity contribution in [3.63, 3.8) is 0 Å². The van der Waals surface area contributed by atoms with Crippen LogP contribution in [-0.4, -0.2) is 12.0 Å². The van der Waals surface area contributed by atoms with Gasteiger partial charge in [-0.2, -0.15) is 0 Å². The van der Waals surface area contributed by atoms with Crippen molar-refractivity contribution < 1.29 is 4.74 Å². The molecule has 0 amide bonds. The Hall–Kier alpha value is -1.87. The highest BCUT2D eigenvalue weighted by molar-refractivity contribution is 5.32. The molecule has 1 aromatic carbocycles. The normalized spacial score (nSPS) is 13.7. The molecule has 0 saturated heterocycles. The molecule has 0 aliphatic heterocycles. The minimum Gasteiger partial charge on any atom is -0.439 e. The summed E-state index contributed by atoms with van der Waals surface area (Å²) < 4.78 is 5.78. The summed E-state index contributed by atoms with van der Waals surface area (Å²) >= 11 is 0. The van der Waals surface area contributed by atoms with E-state index in [4.69, 9.17) is 4.74 Å². The van der Waals surface area contributed by atoms with E-state index >= 15 is 0 Å². The second kappa shape index (κ2) is 7.23. The number of nitrogens with zero attached hydrogens (tertiary/aromatic N) is 1. The molecule has 2 unspecified atom stereocenters. The van der Waals surface area contributed by atoms with Gasteiger partial charge in [-0.1, -0.05) is 32.0 Å². The second-order valence-corrected chi connectivity index (χ2v) is 5.42. The quantitative estimate of drug-likeness (QED) is 0.837. The van der Waals surface area contributed by atoms with E-state index in [2.05, 4.69) is 43.2 Å². The maximum atomic E-state index is 5.78. The molecule has 1 N–H and O–H groups in total. The number of ether oxygens (including phenoxy) is 1. The van der Waals surface area contributed by atoms with Gasteiger partial charge in [0, 0.05) is 18.3 Å². The predicted molar refractivity (Wildman–Crippen MR) is 86.9 cm³/mol. The summed E-state index contributed by atoms with van der Waals surface area (Å²) in [6, 6.07) is 12.5. The monoisotopic (exact) mass is 284 g/mol. The van der Waals surface area contributed by atoms with E-state index < -0.39 is 0 Å².